The monoisotopic (exact) mass is 255 g/mol. The SMILES string of the molecule is COP(=O)(C#Cc1ccc([N+](=O)[O-])cc1)OC. The van der Waals surface area contributed by atoms with Crippen molar-refractivity contribution >= 4 is 13.3 Å². The lowest BCUT2D eigenvalue weighted by atomic mass is 10.2. The van der Waals surface area contributed by atoms with Crippen LogP contribution >= 0.6 is 7.60 Å². The Morgan fingerprint density at radius 2 is 1.76 bits per heavy atom. The summed E-state index contributed by atoms with van der Waals surface area (Å²) in [6, 6.07) is 5.55. The quantitative estimate of drug-likeness (QED) is 0.358. The van der Waals surface area contributed by atoms with E-state index in [1.807, 2.05) is 0 Å². The van der Waals surface area contributed by atoms with Crippen molar-refractivity contribution in [2.45, 2.75) is 0 Å². The molecule has 0 fully saturated rings. The van der Waals surface area contributed by atoms with Crippen LogP contribution in [-0.4, -0.2) is 19.1 Å². The highest BCUT2D eigenvalue weighted by atomic mass is 31.2. The summed E-state index contributed by atoms with van der Waals surface area (Å²) in [6.45, 7) is 0. The van der Waals surface area contributed by atoms with E-state index >= 15 is 0 Å². The van der Waals surface area contributed by atoms with Gasteiger partial charge in [0.25, 0.3) is 5.69 Å². The molecule has 0 atom stereocenters. The Morgan fingerprint density at radius 1 is 1.24 bits per heavy atom. The van der Waals surface area contributed by atoms with Crippen molar-refractivity contribution in [1.29, 1.82) is 0 Å². The summed E-state index contributed by atoms with van der Waals surface area (Å²) in [5, 5.41) is 10.4. The molecular formula is C10H10NO5P. The zero-order valence-corrected chi connectivity index (χ0v) is 10.1. The third kappa shape index (κ3) is 3.68. The van der Waals surface area contributed by atoms with Gasteiger partial charge in [0.2, 0.25) is 0 Å². The molecule has 0 heterocycles. The Morgan fingerprint density at radius 3 is 2.18 bits per heavy atom. The van der Waals surface area contributed by atoms with Gasteiger partial charge in [0.15, 0.2) is 0 Å². The molecule has 0 saturated heterocycles. The predicted molar refractivity (Wildman–Crippen MR) is 61.6 cm³/mol. The summed E-state index contributed by atoms with van der Waals surface area (Å²) < 4.78 is 20.8. The van der Waals surface area contributed by atoms with E-state index in [9.17, 15) is 14.7 Å². The second-order valence-electron chi connectivity index (χ2n) is 2.90. The van der Waals surface area contributed by atoms with Crippen molar-refractivity contribution in [3.63, 3.8) is 0 Å². The van der Waals surface area contributed by atoms with Gasteiger partial charge in [-0.05, 0) is 12.1 Å². The first-order valence-corrected chi connectivity index (χ1v) is 6.04. The minimum atomic E-state index is -3.37. The third-order valence-corrected chi connectivity index (χ3v) is 3.24. The highest BCUT2D eigenvalue weighted by molar-refractivity contribution is 7.59. The Balaban J connectivity index is 2.94. The van der Waals surface area contributed by atoms with E-state index in [1.165, 1.54) is 38.5 Å². The van der Waals surface area contributed by atoms with E-state index in [0.29, 0.717) is 5.56 Å². The van der Waals surface area contributed by atoms with Gasteiger partial charge >= 0.3 is 7.60 Å². The molecule has 6 nitrogen and oxygen atoms in total. The first-order valence-electron chi connectivity index (χ1n) is 4.50. The molecule has 0 amide bonds. The van der Waals surface area contributed by atoms with Crippen LogP contribution in [0.2, 0.25) is 0 Å². The fourth-order valence-corrected chi connectivity index (χ4v) is 1.56. The molecule has 0 aliphatic rings. The molecule has 0 radical (unpaired) electrons. The van der Waals surface area contributed by atoms with E-state index < -0.39 is 12.5 Å². The third-order valence-electron chi connectivity index (χ3n) is 1.90. The molecule has 0 bridgehead atoms. The van der Waals surface area contributed by atoms with Gasteiger partial charge in [0.1, 0.15) is 0 Å². The average molecular weight is 255 g/mol. The number of nitro benzene ring substituents is 1. The average Bonchev–Trinajstić information content (AvgIpc) is 2.36. The van der Waals surface area contributed by atoms with Crippen molar-refractivity contribution in [2.75, 3.05) is 14.2 Å². The van der Waals surface area contributed by atoms with E-state index in [4.69, 9.17) is 0 Å². The topological polar surface area (TPSA) is 78.7 Å². The lowest BCUT2D eigenvalue weighted by Gasteiger charge is -2.04. The largest absolute Gasteiger partial charge is 0.405 e. The van der Waals surface area contributed by atoms with Crippen LogP contribution in [0.5, 0.6) is 0 Å². The van der Waals surface area contributed by atoms with Crippen LogP contribution < -0.4 is 0 Å². The van der Waals surface area contributed by atoms with Crippen LogP contribution in [0.4, 0.5) is 5.69 Å². The Kier molecular flexibility index (Phi) is 4.41. The first-order chi connectivity index (χ1) is 8.00. The summed E-state index contributed by atoms with van der Waals surface area (Å²) in [4.78, 5) is 9.90. The van der Waals surface area contributed by atoms with Crippen LogP contribution in [0.1, 0.15) is 5.56 Å². The smallest absolute Gasteiger partial charge is 0.303 e. The molecule has 0 saturated carbocycles. The Bertz CT molecular complexity index is 506. The molecule has 90 valence electrons. The van der Waals surface area contributed by atoms with Gasteiger partial charge in [-0.15, -0.1) is 0 Å². The van der Waals surface area contributed by atoms with Gasteiger partial charge in [0, 0.05) is 37.6 Å². The van der Waals surface area contributed by atoms with Crippen molar-refractivity contribution in [3.8, 4) is 11.6 Å². The van der Waals surface area contributed by atoms with Gasteiger partial charge in [-0.25, -0.2) is 4.57 Å². The summed E-state index contributed by atoms with van der Waals surface area (Å²) in [6.07, 6.45) is 0. The predicted octanol–water partition coefficient (Wildman–Crippen LogP) is 2.39. The van der Waals surface area contributed by atoms with Crippen molar-refractivity contribution in [3.05, 3.63) is 39.9 Å². The van der Waals surface area contributed by atoms with E-state index in [-0.39, 0.29) is 5.69 Å². The molecule has 0 spiro atoms. The normalized spacial score (nSPS) is 10.5. The molecule has 17 heavy (non-hydrogen) atoms. The van der Waals surface area contributed by atoms with E-state index in [1.54, 1.807) is 0 Å². The number of benzene rings is 1. The first kappa shape index (κ1) is 13.4. The molecule has 0 N–H and O–H groups in total. The highest BCUT2D eigenvalue weighted by Gasteiger charge is 2.16. The summed E-state index contributed by atoms with van der Waals surface area (Å²) in [7, 11) is -0.911. The summed E-state index contributed by atoms with van der Waals surface area (Å²) in [5.41, 5.74) is 2.81. The molecule has 7 heteroatoms. The van der Waals surface area contributed by atoms with Crippen LogP contribution in [0.3, 0.4) is 0 Å². The molecule has 0 aromatic heterocycles. The molecule has 1 rings (SSSR count). The van der Waals surface area contributed by atoms with Crippen LogP contribution in [0.25, 0.3) is 0 Å². The summed E-state index contributed by atoms with van der Waals surface area (Å²) in [5.74, 6) is 2.57. The minimum absolute atomic E-state index is 0.0304. The Labute approximate surface area is 98.2 Å². The number of non-ortho nitro benzene ring substituents is 1. The fraction of sp³-hybridized carbons (Fsp3) is 0.200. The van der Waals surface area contributed by atoms with E-state index in [0.717, 1.165) is 0 Å². The molecule has 0 aliphatic carbocycles. The van der Waals surface area contributed by atoms with Crippen molar-refractivity contribution < 1.29 is 18.5 Å². The van der Waals surface area contributed by atoms with Gasteiger partial charge < -0.3 is 9.05 Å². The van der Waals surface area contributed by atoms with Crippen LogP contribution in [-0.2, 0) is 13.6 Å². The van der Waals surface area contributed by atoms with Crippen molar-refractivity contribution in [1.82, 2.24) is 0 Å². The molecule has 1 aromatic rings. The zero-order chi connectivity index (χ0) is 12.9. The van der Waals surface area contributed by atoms with Gasteiger partial charge in [-0.3, -0.25) is 10.1 Å². The maximum absolute atomic E-state index is 11.6. The Hall–Kier alpha value is -1.67. The number of nitro groups is 1. The highest BCUT2D eigenvalue weighted by Crippen LogP contribution is 2.44. The van der Waals surface area contributed by atoms with Crippen LogP contribution in [0.15, 0.2) is 24.3 Å². The molecule has 1 aromatic carbocycles. The second-order valence-corrected chi connectivity index (χ2v) is 4.85. The summed E-state index contributed by atoms with van der Waals surface area (Å²) >= 11 is 0. The lowest BCUT2D eigenvalue weighted by Crippen LogP contribution is -1.87. The molecule has 0 aliphatic heterocycles. The fourth-order valence-electron chi connectivity index (χ4n) is 0.965. The number of hydrogen-bond acceptors (Lipinski definition) is 5. The lowest BCUT2D eigenvalue weighted by molar-refractivity contribution is -0.384. The number of rotatable bonds is 3. The van der Waals surface area contributed by atoms with Crippen molar-refractivity contribution in [2.24, 2.45) is 0 Å². The molecule has 0 unspecified atom stereocenters. The standard InChI is InChI=1S/C10H10NO5P/c1-15-17(14,16-2)8-7-9-3-5-10(6-4-9)11(12)13/h3-6H,1-2H3. The number of hydrogen-bond donors (Lipinski definition) is 0. The number of nitrogens with zero attached hydrogens (tertiary/aromatic N) is 1. The van der Waals surface area contributed by atoms with E-state index in [2.05, 4.69) is 20.6 Å². The van der Waals surface area contributed by atoms with Crippen LogP contribution in [0, 0.1) is 21.7 Å². The van der Waals surface area contributed by atoms with Gasteiger partial charge in [0.05, 0.1) is 4.92 Å². The molecular weight excluding hydrogens is 245 g/mol. The van der Waals surface area contributed by atoms with Gasteiger partial charge in [-0.1, -0.05) is 5.92 Å². The van der Waals surface area contributed by atoms with Gasteiger partial charge in [-0.2, -0.15) is 0 Å². The zero-order valence-electron chi connectivity index (χ0n) is 9.25. The maximum Gasteiger partial charge on any atom is 0.405 e. The second kappa shape index (κ2) is 5.60. The maximum atomic E-state index is 11.6. The minimum Gasteiger partial charge on any atom is -0.303 e.